The molecule has 154 valence electrons. The van der Waals surface area contributed by atoms with Crippen molar-refractivity contribution in [1.82, 2.24) is 9.88 Å². The van der Waals surface area contributed by atoms with Crippen molar-refractivity contribution in [2.45, 2.75) is 38.3 Å². The van der Waals surface area contributed by atoms with Crippen LogP contribution in [0.3, 0.4) is 0 Å². The van der Waals surface area contributed by atoms with E-state index in [1.807, 2.05) is 0 Å². The van der Waals surface area contributed by atoms with E-state index in [4.69, 9.17) is 9.84 Å². The first-order valence-electron chi connectivity index (χ1n) is 9.42. The third kappa shape index (κ3) is 4.74. The number of hydrogen-bond donors (Lipinski definition) is 1. The molecule has 0 bridgehead atoms. The zero-order valence-electron chi connectivity index (χ0n) is 15.3. The molecule has 1 aliphatic carbocycles. The summed E-state index contributed by atoms with van der Waals surface area (Å²) in [6.45, 7) is 1.28. The molecule has 1 unspecified atom stereocenters. The number of nitrogens with zero attached hydrogens (tertiary/aromatic N) is 2. The molecule has 1 saturated heterocycles. The predicted octanol–water partition coefficient (Wildman–Crippen LogP) is 3.38. The van der Waals surface area contributed by atoms with Gasteiger partial charge in [0.05, 0.1) is 12.5 Å². The molecule has 1 N–H and O–H groups in total. The van der Waals surface area contributed by atoms with Crippen LogP contribution in [0.15, 0.2) is 18.3 Å². The molecule has 6 nitrogen and oxygen atoms in total. The average Bonchev–Trinajstić information content (AvgIpc) is 3.14. The Morgan fingerprint density at radius 1 is 1.21 bits per heavy atom. The minimum absolute atomic E-state index is 0.0132. The zero-order chi connectivity index (χ0) is 20.3. The molecule has 1 saturated carbocycles. The van der Waals surface area contributed by atoms with E-state index in [2.05, 4.69) is 4.98 Å². The Hall–Kier alpha value is -2.32. The fourth-order valence-electron chi connectivity index (χ4n) is 3.97. The molecule has 28 heavy (non-hydrogen) atoms. The van der Waals surface area contributed by atoms with E-state index in [1.54, 1.807) is 11.0 Å². The highest BCUT2D eigenvalue weighted by atomic mass is 19.4. The second-order valence-corrected chi connectivity index (χ2v) is 7.50. The maximum atomic E-state index is 12.8. The number of rotatable bonds is 5. The Morgan fingerprint density at radius 3 is 2.57 bits per heavy atom. The van der Waals surface area contributed by atoms with Gasteiger partial charge in [0.15, 0.2) is 11.4 Å². The van der Waals surface area contributed by atoms with Crippen molar-refractivity contribution in [2.75, 3.05) is 19.7 Å². The molecule has 1 amide bonds. The lowest BCUT2D eigenvalue weighted by Gasteiger charge is -2.31. The summed E-state index contributed by atoms with van der Waals surface area (Å²) < 4.78 is 43.9. The number of carbonyl (C=O) groups excluding carboxylic acids is 1. The first-order valence-corrected chi connectivity index (χ1v) is 9.42. The Labute approximate surface area is 160 Å². The van der Waals surface area contributed by atoms with Gasteiger partial charge in [-0.25, -0.2) is 9.78 Å². The van der Waals surface area contributed by atoms with Gasteiger partial charge in [0.1, 0.15) is 0 Å². The monoisotopic (exact) mass is 400 g/mol. The molecular weight excluding hydrogens is 377 g/mol. The van der Waals surface area contributed by atoms with Gasteiger partial charge in [-0.05, 0) is 44.2 Å². The molecule has 1 atom stereocenters. The average molecular weight is 400 g/mol. The van der Waals surface area contributed by atoms with E-state index in [0.29, 0.717) is 19.5 Å². The maximum absolute atomic E-state index is 12.8. The Morgan fingerprint density at radius 2 is 1.93 bits per heavy atom. The van der Waals surface area contributed by atoms with E-state index in [-0.39, 0.29) is 61.5 Å². The highest BCUT2D eigenvalue weighted by molar-refractivity contribution is 5.88. The van der Waals surface area contributed by atoms with Crippen LogP contribution < -0.4 is 4.74 Å². The number of carbonyl (C=O) groups is 2. The number of likely N-dealkylation sites (tertiary alicyclic amines) is 1. The van der Waals surface area contributed by atoms with Crippen LogP contribution in [-0.2, 0) is 4.79 Å². The summed E-state index contributed by atoms with van der Waals surface area (Å²) in [6.07, 6.45) is -1.51. The molecule has 9 heteroatoms. The third-order valence-electron chi connectivity index (χ3n) is 5.58. The van der Waals surface area contributed by atoms with Gasteiger partial charge in [-0.15, -0.1) is 0 Å². The van der Waals surface area contributed by atoms with E-state index in [0.717, 1.165) is 0 Å². The molecule has 1 aliphatic heterocycles. The topological polar surface area (TPSA) is 79.7 Å². The van der Waals surface area contributed by atoms with Gasteiger partial charge in [-0.2, -0.15) is 13.2 Å². The van der Waals surface area contributed by atoms with Crippen molar-refractivity contribution in [2.24, 2.45) is 17.8 Å². The Bertz CT molecular complexity index is 717. The SMILES string of the molecule is O=C(O)c1ncccc1OCC1CCN(C(=O)[C@H]2CC[C@H](C(F)(F)F)CC2)C1. The number of carboxylic acid groups (broad SMARTS) is 1. The number of pyridine rings is 1. The lowest BCUT2D eigenvalue weighted by molar-refractivity contribution is -0.185. The van der Waals surface area contributed by atoms with Crippen LogP contribution in [0.2, 0.25) is 0 Å². The van der Waals surface area contributed by atoms with Gasteiger partial charge in [0.25, 0.3) is 0 Å². The van der Waals surface area contributed by atoms with Crippen LogP contribution in [-0.4, -0.2) is 52.7 Å². The van der Waals surface area contributed by atoms with Gasteiger partial charge in [-0.3, -0.25) is 4.79 Å². The number of halogens is 3. The van der Waals surface area contributed by atoms with Gasteiger partial charge in [-0.1, -0.05) is 0 Å². The maximum Gasteiger partial charge on any atom is 0.391 e. The van der Waals surface area contributed by atoms with Crippen LogP contribution in [0.25, 0.3) is 0 Å². The van der Waals surface area contributed by atoms with Crippen molar-refractivity contribution >= 4 is 11.9 Å². The van der Waals surface area contributed by atoms with Crippen LogP contribution in [0.1, 0.15) is 42.6 Å². The van der Waals surface area contributed by atoms with Gasteiger partial charge >= 0.3 is 12.1 Å². The number of aromatic nitrogens is 1. The van der Waals surface area contributed by atoms with Crippen molar-refractivity contribution in [3.63, 3.8) is 0 Å². The van der Waals surface area contributed by atoms with Crippen molar-refractivity contribution < 1.29 is 32.6 Å². The van der Waals surface area contributed by atoms with Crippen LogP contribution >= 0.6 is 0 Å². The Kier molecular flexibility index (Phi) is 6.10. The summed E-state index contributed by atoms with van der Waals surface area (Å²) in [4.78, 5) is 29.3. The largest absolute Gasteiger partial charge is 0.491 e. The van der Waals surface area contributed by atoms with Gasteiger partial charge in [0, 0.05) is 31.1 Å². The van der Waals surface area contributed by atoms with Gasteiger partial charge in [0.2, 0.25) is 5.91 Å². The number of hydrogen-bond acceptors (Lipinski definition) is 4. The molecule has 0 spiro atoms. The zero-order valence-corrected chi connectivity index (χ0v) is 15.3. The normalized spacial score (nSPS) is 25.5. The lowest BCUT2D eigenvalue weighted by Crippen LogP contribution is -2.38. The molecule has 1 aromatic rings. The second kappa shape index (κ2) is 8.36. The molecule has 0 aromatic carbocycles. The van der Waals surface area contributed by atoms with Crippen LogP contribution in [0.5, 0.6) is 5.75 Å². The Balaban J connectivity index is 1.48. The van der Waals surface area contributed by atoms with Crippen molar-refractivity contribution in [3.8, 4) is 5.75 Å². The van der Waals surface area contributed by atoms with Crippen LogP contribution in [0, 0.1) is 17.8 Å². The molecular formula is C19H23F3N2O4. The molecule has 1 aromatic heterocycles. The number of amides is 1. The van der Waals surface area contributed by atoms with Gasteiger partial charge < -0.3 is 14.7 Å². The van der Waals surface area contributed by atoms with Crippen LogP contribution in [0.4, 0.5) is 13.2 Å². The molecule has 3 rings (SSSR count). The van der Waals surface area contributed by atoms with E-state index >= 15 is 0 Å². The summed E-state index contributed by atoms with van der Waals surface area (Å²) in [5.41, 5.74) is -0.158. The number of ether oxygens (including phenoxy) is 1. The number of aromatic carboxylic acids is 1. The molecule has 2 fully saturated rings. The number of alkyl halides is 3. The van der Waals surface area contributed by atoms with Crippen molar-refractivity contribution in [3.05, 3.63) is 24.0 Å². The summed E-state index contributed by atoms with van der Waals surface area (Å²) in [7, 11) is 0. The van der Waals surface area contributed by atoms with E-state index in [9.17, 15) is 22.8 Å². The molecule has 2 heterocycles. The quantitative estimate of drug-likeness (QED) is 0.820. The first kappa shape index (κ1) is 20.4. The summed E-state index contributed by atoms with van der Waals surface area (Å²) in [5, 5.41) is 9.12. The molecule has 0 radical (unpaired) electrons. The lowest BCUT2D eigenvalue weighted by atomic mass is 9.81. The fourth-order valence-corrected chi connectivity index (χ4v) is 3.97. The highest BCUT2D eigenvalue weighted by Crippen LogP contribution is 2.40. The summed E-state index contributed by atoms with van der Waals surface area (Å²) >= 11 is 0. The first-order chi connectivity index (χ1) is 13.3. The second-order valence-electron chi connectivity index (χ2n) is 7.50. The minimum atomic E-state index is -4.18. The standard InChI is InChI=1S/C19H23F3N2O4/c20-19(21,22)14-5-3-13(4-6-14)17(25)24-9-7-12(10-24)11-28-15-2-1-8-23-16(15)18(26)27/h1-2,8,12-14H,3-7,9-11H2,(H,26,27)/t12?,13-,14-. The minimum Gasteiger partial charge on any atom is -0.491 e. The highest BCUT2D eigenvalue weighted by Gasteiger charge is 2.43. The predicted molar refractivity (Wildman–Crippen MR) is 92.9 cm³/mol. The fraction of sp³-hybridized carbons (Fsp3) is 0.632. The van der Waals surface area contributed by atoms with Crippen molar-refractivity contribution in [1.29, 1.82) is 0 Å². The third-order valence-corrected chi connectivity index (χ3v) is 5.58. The summed E-state index contributed by atoms with van der Waals surface area (Å²) in [5.74, 6) is -2.64. The van der Waals surface area contributed by atoms with E-state index < -0.39 is 18.1 Å². The van der Waals surface area contributed by atoms with E-state index in [1.165, 1.54) is 12.3 Å². The smallest absolute Gasteiger partial charge is 0.391 e. The summed E-state index contributed by atoms with van der Waals surface area (Å²) in [6, 6.07) is 3.12. The molecule has 2 aliphatic rings. The number of carboxylic acids is 1.